The molecule has 2 rings (SSSR count). The van der Waals surface area contributed by atoms with Gasteiger partial charge >= 0.3 is 0 Å². The van der Waals surface area contributed by atoms with Gasteiger partial charge in [0.05, 0.1) is 5.82 Å². The van der Waals surface area contributed by atoms with E-state index in [0.717, 1.165) is 5.82 Å². The quantitative estimate of drug-likeness (QED) is 0.506. The SMILES string of the molecule is C=C1N[C@@H]2CCCN1C2. The molecule has 0 unspecified atom stereocenters. The highest BCUT2D eigenvalue weighted by Crippen LogP contribution is 2.19. The highest BCUT2D eigenvalue weighted by Gasteiger charge is 2.27. The van der Waals surface area contributed by atoms with Crippen molar-refractivity contribution in [1.82, 2.24) is 10.2 Å². The van der Waals surface area contributed by atoms with Gasteiger partial charge in [0.1, 0.15) is 0 Å². The Balaban J connectivity index is 2.15. The van der Waals surface area contributed by atoms with Crippen LogP contribution in [0.3, 0.4) is 0 Å². The van der Waals surface area contributed by atoms with E-state index in [1.165, 1.54) is 25.9 Å². The van der Waals surface area contributed by atoms with E-state index in [9.17, 15) is 0 Å². The Morgan fingerprint density at radius 2 is 2.56 bits per heavy atom. The molecule has 0 spiro atoms. The van der Waals surface area contributed by atoms with Crippen LogP contribution in [-0.4, -0.2) is 24.0 Å². The normalized spacial score (nSPS) is 32.7. The third kappa shape index (κ3) is 0.696. The van der Waals surface area contributed by atoms with E-state index in [0.29, 0.717) is 6.04 Å². The highest BCUT2D eigenvalue weighted by molar-refractivity contribution is 5.04. The summed E-state index contributed by atoms with van der Waals surface area (Å²) in [5, 5.41) is 3.35. The average molecular weight is 124 g/mol. The summed E-state index contributed by atoms with van der Waals surface area (Å²) in [7, 11) is 0. The lowest BCUT2D eigenvalue weighted by Gasteiger charge is -2.21. The molecule has 0 aromatic heterocycles. The summed E-state index contributed by atoms with van der Waals surface area (Å²) in [5.74, 6) is 1.14. The van der Waals surface area contributed by atoms with E-state index in [1.54, 1.807) is 0 Å². The molecule has 50 valence electrons. The van der Waals surface area contributed by atoms with Crippen molar-refractivity contribution in [2.75, 3.05) is 13.1 Å². The number of nitrogens with one attached hydrogen (secondary N) is 1. The first-order valence-corrected chi connectivity index (χ1v) is 3.56. The summed E-state index contributed by atoms with van der Waals surface area (Å²) < 4.78 is 0. The van der Waals surface area contributed by atoms with E-state index in [-0.39, 0.29) is 0 Å². The fourth-order valence-electron chi connectivity index (χ4n) is 1.67. The van der Waals surface area contributed by atoms with E-state index in [1.807, 2.05) is 0 Å². The van der Waals surface area contributed by atoms with Gasteiger partial charge in [-0.05, 0) is 12.8 Å². The molecule has 0 amide bonds. The summed E-state index contributed by atoms with van der Waals surface area (Å²) in [6.45, 7) is 6.32. The summed E-state index contributed by atoms with van der Waals surface area (Å²) in [4.78, 5) is 2.33. The zero-order valence-electron chi connectivity index (χ0n) is 5.56. The molecule has 2 bridgehead atoms. The van der Waals surface area contributed by atoms with Gasteiger partial charge in [0.15, 0.2) is 0 Å². The van der Waals surface area contributed by atoms with Crippen molar-refractivity contribution in [3.8, 4) is 0 Å². The lowest BCUT2D eigenvalue weighted by atomic mass is 10.1. The molecule has 2 aliphatic heterocycles. The molecule has 2 nitrogen and oxygen atoms in total. The van der Waals surface area contributed by atoms with Gasteiger partial charge in [-0.1, -0.05) is 6.58 Å². The molecule has 2 aliphatic rings. The van der Waals surface area contributed by atoms with Crippen LogP contribution in [0, 0.1) is 0 Å². The molecule has 0 aromatic carbocycles. The summed E-state index contributed by atoms with van der Waals surface area (Å²) in [5.41, 5.74) is 0. The topological polar surface area (TPSA) is 15.3 Å². The van der Waals surface area contributed by atoms with Crippen molar-refractivity contribution < 1.29 is 0 Å². The van der Waals surface area contributed by atoms with Crippen LogP contribution >= 0.6 is 0 Å². The van der Waals surface area contributed by atoms with E-state index < -0.39 is 0 Å². The van der Waals surface area contributed by atoms with Crippen molar-refractivity contribution in [2.45, 2.75) is 18.9 Å². The van der Waals surface area contributed by atoms with E-state index in [4.69, 9.17) is 0 Å². The number of hydrogen-bond donors (Lipinski definition) is 1. The monoisotopic (exact) mass is 124 g/mol. The molecule has 0 saturated carbocycles. The zero-order valence-corrected chi connectivity index (χ0v) is 5.56. The van der Waals surface area contributed by atoms with Crippen LogP contribution in [0.2, 0.25) is 0 Å². The van der Waals surface area contributed by atoms with E-state index in [2.05, 4.69) is 16.8 Å². The van der Waals surface area contributed by atoms with Crippen molar-refractivity contribution in [2.24, 2.45) is 0 Å². The highest BCUT2D eigenvalue weighted by atomic mass is 15.3. The Hall–Kier alpha value is -0.660. The van der Waals surface area contributed by atoms with Crippen molar-refractivity contribution >= 4 is 0 Å². The first-order valence-electron chi connectivity index (χ1n) is 3.56. The minimum absolute atomic E-state index is 0.714. The molecule has 1 atom stereocenters. The Labute approximate surface area is 55.5 Å². The average Bonchev–Trinajstić information content (AvgIpc) is 2.09. The lowest BCUT2D eigenvalue weighted by Crippen LogP contribution is -2.29. The molecule has 0 radical (unpaired) electrons. The Bertz CT molecular complexity index is 142. The van der Waals surface area contributed by atoms with Crippen LogP contribution < -0.4 is 5.32 Å². The van der Waals surface area contributed by atoms with Gasteiger partial charge in [0.25, 0.3) is 0 Å². The number of piperidine rings is 1. The van der Waals surface area contributed by atoms with Gasteiger partial charge in [-0.2, -0.15) is 0 Å². The second-order valence-electron chi connectivity index (χ2n) is 2.88. The minimum Gasteiger partial charge on any atom is -0.368 e. The molecule has 0 aliphatic carbocycles. The van der Waals surface area contributed by atoms with Gasteiger partial charge in [0.2, 0.25) is 0 Å². The van der Waals surface area contributed by atoms with Crippen molar-refractivity contribution in [1.29, 1.82) is 0 Å². The molecule has 0 aromatic rings. The number of nitrogens with zero attached hydrogens (tertiary/aromatic N) is 1. The lowest BCUT2D eigenvalue weighted by molar-refractivity contribution is 0.325. The van der Waals surface area contributed by atoms with Gasteiger partial charge in [-0.25, -0.2) is 0 Å². The van der Waals surface area contributed by atoms with Crippen LogP contribution in [0.4, 0.5) is 0 Å². The predicted octanol–water partition coefficient (Wildman–Crippen LogP) is 0.525. The molecular formula is C7H12N2. The van der Waals surface area contributed by atoms with Crippen LogP contribution in [0.1, 0.15) is 12.8 Å². The molecule has 2 heterocycles. The maximum atomic E-state index is 3.91. The maximum Gasteiger partial charge on any atom is 0.0942 e. The Morgan fingerprint density at radius 1 is 1.67 bits per heavy atom. The largest absolute Gasteiger partial charge is 0.368 e. The summed E-state index contributed by atoms with van der Waals surface area (Å²) >= 11 is 0. The number of fused-ring (bicyclic) bond motifs is 2. The number of rotatable bonds is 0. The Kier molecular flexibility index (Phi) is 0.949. The first-order chi connectivity index (χ1) is 4.36. The molecular weight excluding hydrogens is 112 g/mol. The molecule has 9 heavy (non-hydrogen) atoms. The standard InChI is InChI=1S/C7H12N2/c1-6-8-7-3-2-4-9(6)5-7/h7-8H,1-5H2/t7-/m1/s1. The fourth-order valence-corrected chi connectivity index (χ4v) is 1.67. The summed E-state index contributed by atoms with van der Waals surface area (Å²) in [6, 6.07) is 0.714. The van der Waals surface area contributed by atoms with Crippen molar-refractivity contribution in [3.05, 3.63) is 12.4 Å². The Morgan fingerprint density at radius 3 is 3.22 bits per heavy atom. The fraction of sp³-hybridized carbons (Fsp3) is 0.714. The second kappa shape index (κ2) is 1.66. The van der Waals surface area contributed by atoms with Crippen LogP contribution in [0.25, 0.3) is 0 Å². The molecule has 2 fully saturated rings. The van der Waals surface area contributed by atoms with Gasteiger partial charge in [0, 0.05) is 19.1 Å². The molecule has 1 N–H and O–H groups in total. The van der Waals surface area contributed by atoms with Crippen LogP contribution in [-0.2, 0) is 0 Å². The minimum atomic E-state index is 0.714. The van der Waals surface area contributed by atoms with Crippen molar-refractivity contribution in [3.63, 3.8) is 0 Å². The van der Waals surface area contributed by atoms with Gasteiger partial charge < -0.3 is 10.2 Å². The maximum absolute atomic E-state index is 3.91. The zero-order chi connectivity index (χ0) is 6.27. The molecule has 2 saturated heterocycles. The van der Waals surface area contributed by atoms with Crippen LogP contribution in [0.5, 0.6) is 0 Å². The predicted molar refractivity (Wildman–Crippen MR) is 36.9 cm³/mol. The first kappa shape index (κ1) is 5.15. The van der Waals surface area contributed by atoms with Crippen LogP contribution in [0.15, 0.2) is 12.4 Å². The third-order valence-electron chi connectivity index (χ3n) is 2.17. The second-order valence-corrected chi connectivity index (χ2v) is 2.88. The van der Waals surface area contributed by atoms with Gasteiger partial charge in [-0.15, -0.1) is 0 Å². The summed E-state index contributed by atoms with van der Waals surface area (Å²) in [6.07, 6.45) is 2.66. The van der Waals surface area contributed by atoms with Gasteiger partial charge in [-0.3, -0.25) is 0 Å². The number of hydrogen-bond acceptors (Lipinski definition) is 2. The smallest absolute Gasteiger partial charge is 0.0942 e. The van der Waals surface area contributed by atoms with E-state index >= 15 is 0 Å². The molecule has 2 heteroatoms. The third-order valence-corrected chi connectivity index (χ3v) is 2.17.